The van der Waals surface area contributed by atoms with Gasteiger partial charge in [0.1, 0.15) is 60.4 Å². The Morgan fingerprint density at radius 1 is 0.540 bits per heavy atom. The third-order valence-electron chi connectivity index (χ3n) is 13.7. The van der Waals surface area contributed by atoms with E-state index in [1.54, 1.807) is 27.7 Å². The van der Waals surface area contributed by atoms with Crippen LogP contribution in [0, 0.1) is 17.8 Å². The largest absolute Gasteiger partial charge is 0.394 e. The van der Waals surface area contributed by atoms with Crippen molar-refractivity contribution in [1.29, 1.82) is 0 Å². The predicted molar refractivity (Wildman–Crippen MR) is 320 cm³/mol. The van der Waals surface area contributed by atoms with E-state index >= 15 is 0 Å². The summed E-state index contributed by atoms with van der Waals surface area (Å²) < 4.78 is 31.6. The highest BCUT2D eigenvalue weighted by Gasteiger charge is 2.37. The molecule has 1 rings (SSSR count). The van der Waals surface area contributed by atoms with Gasteiger partial charge in [0.15, 0.2) is 0 Å². The molecule has 33 nitrogen and oxygen atoms in total. The SMILES string of the molecule is CC[C@H](C)CCCCC(=O)N[C@@H](CCN)C(=O)N[C@H](C(=O)N[C@@H](CCN)C(=O)NC1CCNC(=O)[C@H]([C@@H](C)O)NC(=O)[C@H](CCN)NC(=O)[C@H](CCN)NC(=O)[C@H](CC(C)C)NC(=O)[C@@H](CC(C)C)NC(=O)C(CCN)NC1=O)[C@@H](C)O.O=S(=O)(O)O. The predicted octanol–water partition coefficient (Wildman–Crippen LogP) is -6.09. The summed E-state index contributed by atoms with van der Waals surface area (Å²) >= 11 is 0. The van der Waals surface area contributed by atoms with E-state index in [4.69, 9.17) is 46.2 Å². The lowest BCUT2D eigenvalue weighted by Crippen LogP contribution is -2.62. The number of amides is 11. The van der Waals surface area contributed by atoms with Crippen LogP contribution in [0.4, 0.5) is 0 Å². The van der Waals surface area contributed by atoms with Gasteiger partial charge in [0.2, 0.25) is 65.0 Å². The number of nitrogens with one attached hydrogen (secondary N) is 11. The molecular formula is C53H102N16O17S. The molecule has 1 aliphatic heterocycles. The van der Waals surface area contributed by atoms with Crippen molar-refractivity contribution in [2.75, 3.05) is 39.3 Å². The minimum Gasteiger partial charge on any atom is -0.391 e. The van der Waals surface area contributed by atoms with Crippen LogP contribution in [-0.2, 0) is 63.1 Å². The van der Waals surface area contributed by atoms with Crippen LogP contribution >= 0.6 is 0 Å². The number of aliphatic hydroxyl groups is 2. The molecule has 0 bridgehead atoms. The van der Waals surface area contributed by atoms with E-state index in [2.05, 4.69) is 72.3 Å². The number of hydrogen-bond donors (Lipinski definition) is 20. The summed E-state index contributed by atoms with van der Waals surface area (Å²) in [5.41, 5.74) is 29.2. The standard InChI is InChI=1S/C53H100N16O13.H2O4S/c1-9-30(6)12-10-11-13-41(72)60-33(14-20-54)48(77)69-43(32(8)71)53(82)65-36(17-23-57)45(74)64-38-19-25-59-52(81)42(31(7)70)68-49(78)37(18-24-58)62-44(73)34(15-21-55)63-50(79)39(26-28(2)3)67-51(80)40(27-29(4)5)66-46(75)35(16-22-56)61-47(38)76;1-5(2,3)4/h28-40,42-43,70-71H,9-27,54-58H2,1-8H3,(H,59,81)(H,60,72)(H,61,76)(H,62,73)(H,63,79)(H,64,74)(H,65,82)(H,66,75)(H,67,80)(H,68,78)(H,69,77);(H2,1,2,3,4)/t30-,31+,32+,33-,34-,35?,36-,37-,38?,39-,40+,42-,43-;/m0./s1. The Bertz CT molecular complexity index is 2310. The first kappa shape index (κ1) is 80.8. The van der Waals surface area contributed by atoms with Gasteiger partial charge in [-0.05, 0) is 122 Å². The number of nitrogens with two attached hydrogens (primary N) is 5. The molecule has 2 unspecified atom stereocenters. The van der Waals surface area contributed by atoms with E-state index < -0.39 is 161 Å². The summed E-state index contributed by atoms with van der Waals surface area (Å²) in [6.45, 7) is 12.6. The Balaban J connectivity index is 0.0000141. The zero-order valence-corrected chi connectivity index (χ0v) is 52.3. The molecule has 0 aromatic rings. The van der Waals surface area contributed by atoms with E-state index in [1.807, 2.05) is 0 Å². The molecule has 87 heavy (non-hydrogen) atoms. The molecular weight excluding hydrogens is 1160 g/mol. The maximum absolute atomic E-state index is 14.4. The number of unbranched alkanes of at least 4 members (excludes halogenated alkanes) is 1. The Morgan fingerprint density at radius 3 is 1.36 bits per heavy atom. The summed E-state index contributed by atoms with van der Waals surface area (Å²) in [6, 6.07) is -14.5. The molecule has 13 atom stereocenters. The highest BCUT2D eigenvalue weighted by atomic mass is 32.3. The van der Waals surface area contributed by atoms with Crippen molar-refractivity contribution in [3.8, 4) is 0 Å². The summed E-state index contributed by atoms with van der Waals surface area (Å²) in [7, 11) is -4.67. The molecule has 0 radical (unpaired) electrons. The number of carbonyl (C=O) groups is 11. The van der Waals surface area contributed by atoms with Gasteiger partial charge >= 0.3 is 10.4 Å². The third kappa shape index (κ3) is 33.6. The highest BCUT2D eigenvalue weighted by Crippen LogP contribution is 2.14. The topological polar surface area (TPSA) is 565 Å². The van der Waals surface area contributed by atoms with E-state index in [1.165, 1.54) is 13.8 Å². The van der Waals surface area contributed by atoms with Crippen molar-refractivity contribution in [2.45, 2.75) is 211 Å². The first-order valence-corrected chi connectivity index (χ1v) is 30.9. The summed E-state index contributed by atoms with van der Waals surface area (Å²) in [6.07, 6.45) is -0.760. The van der Waals surface area contributed by atoms with Gasteiger partial charge in [-0.25, -0.2) is 0 Å². The second kappa shape index (κ2) is 42.6. The molecule has 0 aromatic carbocycles. The number of rotatable bonds is 29. The van der Waals surface area contributed by atoms with Crippen molar-refractivity contribution in [2.24, 2.45) is 46.4 Å². The zero-order chi connectivity index (χ0) is 66.7. The first-order valence-electron chi connectivity index (χ1n) is 29.5. The van der Waals surface area contributed by atoms with E-state index in [9.17, 15) is 63.0 Å². The summed E-state index contributed by atoms with van der Waals surface area (Å²) in [4.78, 5) is 153. The second-order valence-corrected chi connectivity index (χ2v) is 23.3. The molecule has 0 aliphatic carbocycles. The monoisotopic (exact) mass is 1270 g/mol. The Kier molecular flexibility index (Phi) is 39.6. The normalized spacial score (nSPS) is 22.7. The highest BCUT2D eigenvalue weighted by molar-refractivity contribution is 7.79. The van der Waals surface area contributed by atoms with Crippen molar-refractivity contribution in [3.63, 3.8) is 0 Å². The molecule has 11 amide bonds. The second-order valence-electron chi connectivity index (χ2n) is 22.4. The molecule has 1 aliphatic rings. The van der Waals surface area contributed by atoms with Gasteiger partial charge < -0.3 is 97.4 Å². The number of aliphatic hydroxyl groups excluding tert-OH is 2. The average Bonchev–Trinajstić information content (AvgIpc) is 2.81. The quantitative estimate of drug-likeness (QED) is 0.0245. The number of hydrogen-bond acceptors (Lipinski definition) is 20. The average molecular weight is 1270 g/mol. The molecule has 25 N–H and O–H groups in total. The van der Waals surface area contributed by atoms with Crippen molar-refractivity contribution in [1.82, 2.24) is 58.5 Å². The Morgan fingerprint density at radius 2 is 0.954 bits per heavy atom. The smallest absolute Gasteiger partial charge is 0.391 e. The van der Waals surface area contributed by atoms with Crippen molar-refractivity contribution in [3.05, 3.63) is 0 Å². The van der Waals surface area contributed by atoms with Crippen LogP contribution in [0.1, 0.15) is 139 Å². The molecule has 34 heteroatoms. The van der Waals surface area contributed by atoms with Gasteiger partial charge in [-0.15, -0.1) is 0 Å². The van der Waals surface area contributed by atoms with E-state index in [0.29, 0.717) is 12.3 Å². The molecule has 1 fully saturated rings. The van der Waals surface area contributed by atoms with Crippen LogP contribution in [0.5, 0.6) is 0 Å². The lowest BCUT2D eigenvalue weighted by atomic mass is 9.99. The van der Waals surface area contributed by atoms with Crippen LogP contribution in [0.3, 0.4) is 0 Å². The minimum absolute atomic E-state index is 0.0131. The van der Waals surface area contributed by atoms with Crippen LogP contribution in [0.25, 0.3) is 0 Å². The van der Waals surface area contributed by atoms with Crippen LogP contribution in [0.2, 0.25) is 0 Å². The van der Waals surface area contributed by atoms with Crippen LogP contribution < -0.4 is 87.2 Å². The summed E-state index contributed by atoms with van der Waals surface area (Å²) in [5.74, 6) is -9.49. The lowest BCUT2D eigenvalue weighted by Gasteiger charge is -2.29. The minimum atomic E-state index is -4.67. The lowest BCUT2D eigenvalue weighted by molar-refractivity contribution is -0.137. The van der Waals surface area contributed by atoms with Gasteiger partial charge in [-0.2, -0.15) is 8.42 Å². The van der Waals surface area contributed by atoms with E-state index in [-0.39, 0.29) is 95.9 Å². The fraction of sp³-hybridized carbons (Fsp3) is 0.792. The van der Waals surface area contributed by atoms with Gasteiger partial charge in [0.25, 0.3) is 0 Å². The Hall–Kier alpha value is -6.24. The molecule has 502 valence electrons. The third-order valence-corrected chi connectivity index (χ3v) is 13.7. The van der Waals surface area contributed by atoms with Gasteiger partial charge in [-0.3, -0.25) is 61.8 Å². The maximum Gasteiger partial charge on any atom is 0.394 e. The fourth-order valence-electron chi connectivity index (χ4n) is 8.76. The number of carbonyl (C=O) groups excluding carboxylic acids is 11. The van der Waals surface area contributed by atoms with Crippen LogP contribution in [0.15, 0.2) is 0 Å². The molecule has 0 aromatic heterocycles. The van der Waals surface area contributed by atoms with Crippen LogP contribution in [-0.4, -0.2) is 205 Å². The van der Waals surface area contributed by atoms with Gasteiger partial charge in [-0.1, -0.05) is 60.8 Å². The Labute approximate surface area is 509 Å². The van der Waals surface area contributed by atoms with Crippen molar-refractivity contribution < 1.29 is 80.5 Å². The van der Waals surface area contributed by atoms with Gasteiger partial charge in [0.05, 0.1) is 12.2 Å². The van der Waals surface area contributed by atoms with Gasteiger partial charge in [0, 0.05) is 13.0 Å². The van der Waals surface area contributed by atoms with E-state index in [0.717, 1.165) is 19.3 Å². The molecule has 0 spiro atoms. The molecule has 1 saturated heterocycles. The zero-order valence-electron chi connectivity index (χ0n) is 51.5. The first-order chi connectivity index (χ1) is 40.7. The fourth-order valence-corrected chi connectivity index (χ4v) is 8.76. The molecule has 0 saturated carbocycles. The molecule has 1 heterocycles. The maximum atomic E-state index is 14.4. The van der Waals surface area contributed by atoms with Crippen molar-refractivity contribution >= 4 is 75.4 Å². The summed E-state index contributed by atoms with van der Waals surface area (Å²) in [5, 5.41) is 49.5.